The Hall–Kier alpha value is -1.02. The molecular weight excluding hydrogens is 316 g/mol. The van der Waals surface area contributed by atoms with Crippen LogP contribution in [-0.2, 0) is 4.74 Å². The first kappa shape index (κ1) is 17.8. The summed E-state index contributed by atoms with van der Waals surface area (Å²) in [6.07, 6.45) is 3.91. The minimum absolute atomic E-state index is 0.142. The maximum absolute atomic E-state index is 9.63. The summed E-state index contributed by atoms with van der Waals surface area (Å²) in [5.41, 5.74) is 1.29. The molecule has 0 saturated carbocycles. The summed E-state index contributed by atoms with van der Waals surface area (Å²) in [5, 5.41) is 10.2. The normalized spacial score (nSPS) is 27.5. The van der Waals surface area contributed by atoms with Crippen LogP contribution in [0.4, 0.5) is 0 Å². The third-order valence-electron chi connectivity index (χ3n) is 5.53. The molecular formula is C20H28N2OS. The molecule has 1 aromatic rings. The third-order valence-corrected chi connectivity index (χ3v) is 6.73. The lowest BCUT2D eigenvalue weighted by Gasteiger charge is -2.40. The molecule has 0 aromatic heterocycles. The van der Waals surface area contributed by atoms with Gasteiger partial charge in [0.2, 0.25) is 0 Å². The highest BCUT2D eigenvalue weighted by molar-refractivity contribution is 8.00. The highest BCUT2D eigenvalue weighted by atomic mass is 32.2. The molecule has 0 N–H and O–H groups in total. The predicted octanol–water partition coefficient (Wildman–Crippen LogP) is 4.27. The average molecular weight is 345 g/mol. The van der Waals surface area contributed by atoms with Gasteiger partial charge in [-0.3, -0.25) is 4.90 Å². The van der Waals surface area contributed by atoms with Crippen LogP contribution >= 0.6 is 11.8 Å². The van der Waals surface area contributed by atoms with Crippen LogP contribution in [0.2, 0.25) is 0 Å². The Morgan fingerprint density at radius 1 is 1.29 bits per heavy atom. The Morgan fingerprint density at radius 2 is 2.04 bits per heavy atom. The van der Waals surface area contributed by atoms with E-state index in [9.17, 15) is 5.26 Å². The van der Waals surface area contributed by atoms with Crippen LogP contribution < -0.4 is 0 Å². The molecule has 2 aliphatic heterocycles. The van der Waals surface area contributed by atoms with Gasteiger partial charge < -0.3 is 4.74 Å². The maximum atomic E-state index is 9.63. The van der Waals surface area contributed by atoms with E-state index in [0.29, 0.717) is 11.3 Å². The predicted molar refractivity (Wildman–Crippen MR) is 100 cm³/mol. The lowest BCUT2D eigenvalue weighted by molar-refractivity contribution is 0.0343. The zero-order chi connectivity index (χ0) is 16.8. The molecule has 1 aromatic carbocycles. The van der Waals surface area contributed by atoms with Crippen molar-refractivity contribution >= 4 is 11.8 Å². The highest BCUT2D eigenvalue weighted by Crippen LogP contribution is 2.38. The van der Waals surface area contributed by atoms with Gasteiger partial charge in [0.25, 0.3) is 0 Å². The smallest absolute Gasteiger partial charge is 0.0691 e. The van der Waals surface area contributed by atoms with Gasteiger partial charge in [0.1, 0.15) is 0 Å². The fraction of sp³-hybridized carbons (Fsp3) is 0.650. The summed E-state index contributed by atoms with van der Waals surface area (Å²) >= 11 is 2.08. The van der Waals surface area contributed by atoms with Gasteiger partial charge in [0, 0.05) is 36.8 Å². The molecule has 0 unspecified atom stereocenters. The molecule has 0 spiro atoms. The van der Waals surface area contributed by atoms with Gasteiger partial charge in [-0.1, -0.05) is 37.3 Å². The van der Waals surface area contributed by atoms with Crippen molar-refractivity contribution in [3.8, 4) is 6.07 Å². The van der Waals surface area contributed by atoms with Crippen molar-refractivity contribution < 1.29 is 4.74 Å². The topological polar surface area (TPSA) is 36.3 Å². The lowest BCUT2D eigenvalue weighted by atomic mass is 9.78. The summed E-state index contributed by atoms with van der Waals surface area (Å²) in [4.78, 5) is 2.64. The van der Waals surface area contributed by atoms with Crippen LogP contribution in [0.1, 0.15) is 44.2 Å². The molecule has 4 heteroatoms. The number of hydrogen-bond acceptors (Lipinski definition) is 4. The van der Waals surface area contributed by atoms with Crippen LogP contribution in [-0.4, -0.2) is 42.2 Å². The minimum atomic E-state index is -0.142. The third kappa shape index (κ3) is 4.14. The van der Waals surface area contributed by atoms with E-state index in [4.69, 9.17) is 4.74 Å². The zero-order valence-electron chi connectivity index (χ0n) is 14.6. The van der Waals surface area contributed by atoms with Gasteiger partial charge in [-0.15, -0.1) is 0 Å². The first-order chi connectivity index (χ1) is 11.7. The number of rotatable bonds is 5. The molecule has 0 aliphatic carbocycles. The number of thioether (sulfide) groups is 1. The first-order valence-corrected chi connectivity index (χ1v) is 10.2. The molecule has 2 atom stereocenters. The second kappa shape index (κ2) is 8.38. The van der Waals surface area contributed by atoms with E-state index < -0.39 is 0 Å². The molecule has 0 radical (unpaired) electrons. The van der Waals surface area contributed by atoms with E-state index >= 15 is 0 Å². The maximum Gasteiger partial charge on any atom is 0.0691 e. The van der Waals surface area contributed by atoms with E-state index in [2.05, 4.69) is 60.0 Å². The van der Waals surface area contributed by atoms with Gasteiger partial charge in [-0.2, -0.15) is 17.0 Å². The van der Waals surface area contributed by atoms with Crippen molar-refractivity contribution in [1.82, 2.24) is 4.90 Å². The quantitative estimate of drug-likeness (QED) is 0.799. The van der Waals surface area contributed by atoms with Crippen LogP contribution in [0.3, 0.4) is 0 Å². The fourth-order valence-electron chi connectivity index (χ4n) is 4.07. The summed E-state index contributed by atoms with van der Waals surface area (Å²) in [6, 6.07) is 14.0. The second-order valence-corrected chi connectivity index (χ2v) is 8.56. The standard InChI is InChI=1S/C20H28N2OS/c1-17-19(18-6-3-2-4-7-18)22(12-15-24-17)11-5-8-20(16-21)9-13-23-14-10-20/h2-4,6-7,17,19H,5,8-15H2,1H3/t17-,19-/m0/s1. The molecule has 2 saturated heterocycles. The summed E-state index contributed by atoms with van der Waals surface area (Å²) in [6.45, 7) is 6.09. The van der Waals surface area contributed by atoms with Crippen molar-refractivity contribution in [2.75, 3.05) is 32.1 Å². The van der Waals surface area contributed by atoms with E-state index in [1.807, 2.05) is 0 Å². The molecule has 130 valence electrons. The van der Waals surface area contributed by atoms with E-state index in [-0.39, 0.29) is 5.41 Å². The Balaban J connectivity index is 1.61. The summed E-state index contributed by atoms with van der Waals surface area (Å²) < 4.78 is 5.45. The molecule has 0 bridgehead atoms. The summed E-state index contributed by atoms with van der Waals surface area (Å²) in [7, 11) is 0. The molecule has 24 heavy (non-hydrogen) atoms. The van der Waals surface area contributed by atoms with Crippen LogP contribution in [0.15, 0.2) is 30.3 Å². The minimum Gasteiger partial charge on any atom is -0.381 e. The van der Waals surface area contributed by atoms with Gasteiger partial charge in [-0.25, -0.2) is 0 Å². The highest BCUT2D eigenvalue weighted by Gasteiger charge is 2.34. The first-order valence-electron chi connectivity index (χ1n) is 9.14. The zero-order valence-corrected chi connectivity index (χ0v) is 15.4. The molecule has 2 fully saturated rings. The van der Waals surface area contributed by atoms with Crippen LogP contribution in [0.25, 0.3) is 0 Å². The molecule has 3 nitrogen and oxygen atoms in total. The Labute approximate surface area is 150 Å². The van der Waals surface area contributed by atoms with Crippen molar-refractivity contribution in [3.05, 3.63) is 35.9 Å². The van der Waals surface area contributed by atoms with Gasteiger partial charge >= 0.3 is 0 Å². The van der Waals surface area contributed by atoms with E-state index in [1.165, 1.54) is 11.3 Å². The largest absolute Gasteiger partial charge is 0.381 e. The number of nitrogens with zero attached hydrogens (tertiary/aromatic N) is 2. The van der Waals surface area contributed by atoms with Gasteiger partial charge in [0.15, 0.2) is 0 Å². The number of ether oxygens (including phenoxy) is 1. The fourth-order valence-corrected chi connectivity index (χ4v) is 5.29. The average Bonchev–Trinajstić information content (AvgIpc) is 2.63. The van der Waals surface area contributed by atoms with Crippen LogP contribution in [0, 0.1) is 16.7 Å². The van der Waals surface area contributed by atoms with Crippen molar-refractivity contribution in [2.45, 2.75) is 43.9 Å². The summed E-state index contributed by atoms with van der Waals surface area (Å²) in [5.74, 6) is 1.21. The Bertz CT molecular complexity index is 551. The van der Waals surface area contributed by atoms with Crippen molar-refractivity contribution in [1.29, 1.82) is 5.26 Å². The second-order valence-electron chi connectivity index (χ2n) is 7.08. The SMILES string of the molecule is C[C@@H]1SCCN(CCCC2(C#N)CCOCC2)[C@@H]1c1ccccc1. The van der Waals surface area contributed by atoms with Crippen molar-refractivity contribution in [3.63, 3.8) is 0 Å². The number of hydrogen-bond donors (Lipinski definition) is 0. The Morgan fingerprint density at radius 3 is 2.75 bits per heavy atom. The van der Waals surface area contributed by atoms with Gasteiger partial charge in [0.05, 0.1) is 11.5 Å². The number of benzene rings is 1. The molecule has 3 rings (SSSR count). The van der Waals surface area contributed by atoms with Gasteiger partial charge in [-0.05, 0) is 37.8 Å². The number of nitriles is 1. The van der Waals surface area contributed by atoms with E-state index in [1.54, 1.807) is 0 Å². The lowest BCUT2D eigenvalue weighted by Crippen LogP contribution is -2.41. The van der Waals surface area contributed by atoms with E-state index in [0.717, 1.165) is 52.0 Å². The Kier molecular flexibility index (Phi) is 6.21. The van der Waals surface area contributed by atoms with Crippen LogP contribution in [0.5, 0.6) is 0 Å². The molecule has 0 amide bonds. The van der Waals surface area contributed by atoms with Crippen molar-refractivity contribution in [2.24, 2.45) is 5.41 Å². The monoisotopic (exact) mass is 344 g/mol. The molecule has 2 aliphatic rings. The molecule has 2 heterocycles.